The molecular formula is C15H17ClO. The molecule has 2 heteroatoms. The molecular weight excluding hydrogens is 232 g/mol. The van der Waals surface area contributed by atoms with Crippen molar-refractivity contribution in [3.8, 4) is 0 Å². The van der Waals surface area contributed by atoms with Crippen molar-refractivity contribution < 1.29 is 5.11 Å². The van der Waals surface area contributed by atoms with Gasteiger partial charge in [0.05, 0.1) is 6.10 Å². The van der Waals surface area contributed by atoms with Crippen LogP contribution in [0.4, 0.5) is 0 Å². The summed E-state index contributed by atoms with van der Waals surface area (Å²) in [4.78, 5) is 0. The highest BCUT2D eigenvalue weighted by atomic mass is 35.5. The molecule has 0 aromatic heterocycles. The summed E-state index contributed by atoms with van der Waals surface area (Å²) in [5.74, 6) is 0. The smallest absolute Gasteiger partial charge is 0.0540 e. The summed E-state index contributed by atoms with van der Waals surface area (Å²) in [6.45, 7) is 4.30. The summed E-state index contributed by atoms with van der Waals surface area (Å²) < 4.78 is 0. The molecule has 0 aliphatic heterocycles. The Morgan fingerprint density at radius 3 is 2.65 bits per heavy atom. The Balaban J connectivity index is 1.99. The van der Waals surface area contributed by atoms with E-state index in [9.17, 15) is 5.11 Å². The Hall–Kier alpha value is -0.790. The maximum Gasteiger partial charge on any atom is 0.0540 e. The average molecular weight is 249 g/mol. The first-order chi connectivity index (χ1) is 8.12. The van der Waals surface area contributed by atoms with Crippen LogP contribution in [0.15, 0.2) is 24.8 Å². The first-order valence-electron chi connectivity index (χ1n) is 6.28. The molecule has 1 aromatic carbocycles. The fraction of sp³-hybridized carbons (Fsp3) is 0.467. The number of halogens is 1. The van der Waals surface area contributed by atoms with Gasteiger partial charge in [-0.1, -0.05) is 30.3 Å². The number of benzene rings is 1. The van der Waals surface area contributed by atoms with Crippen molar-refractivity contribution in [2.75, 3.05) is 0 Å². The predicted molar refractivity (Wildman–Crippen MR) is 71.1 cm³/mol. The summed E-state index contributed by atoms with van der Waals surface area (Å²) in [7, 11) is 0. The van der Waals surface area contributed by atoms with E-state index in [-0.39, 0.29) is 11.5 Å². The van der Waals surface area contributed by atoms with Gasteiger partial charge >= 0.3 is 0 Å². The molecule has 0 atom stereocenters. The zero-order chi connectivity index (χ0) is 12.0. The monoisotopic (exact) mass is 248 g/mol. The molecule has 1 N–H and O–H groups in total. The van der Waals surface area contributed by atoms with Gasteiger partial charge < -0.3 is 5.11 Å². The third kappa shape index (κ3) is 1.64. The lowest BCUT2D eigenvalue weighted by atomic mass is 9.69. The third-order valence-electron chi connectivity index (χ3n) is 4.51. The van der Waals surface area contributed by atoms with Crippen LogP contribution in [0, 0.1) is 5.41 Å². The van der Waals surface area contributed by atoms with E-state index in [4.69, 9.17) is 11.6 Å². The number of aliphatic hydroxyl groups excluding tert-OH is 1. The van der Waals surface area contributed by atoms with Gasteiger partial charge in [-0.15, -0.1) is 0 Å². The average Bonchev–Trinajstić information content (AvgIpc) is 2.60. The van der Waals surface area contributed by atoms with Crippen molar-refractivity contribution in [2.24, 2.45) is 5.41 Å². The fourth-order valence-corrected chi connectivity index (χ4v) is 3.63. The van der Waals surface area contributed by atoms with Crippen LogP contribution in [-0.2, 0) is 6.42 Å². The molecule has 90 valence electrons. The first kappa shape index (κ1) is 11.3. The SMILES string of the molecule is C=C1c2cccc(Cl)c2CC12CCC(O)CC2. The molecule has 1 aromatic rings. The number of hydrogen-bond acceptors (Lipinski definition) is 1. The molecule has 1 spiro atoms. The van der Waals surface area contributed by atoms with Crippen molar-refractivity contribution in [3.05, 3.63) is 40.9 Å². The van der Waals surface area contributed by atoms with Crippen molar-refractivity contribution in [1.29, 1.82) is 0 Å². The second-order valence-electron chi connectivity index (χ2n) is 5.43. The standard InChI is InChI=1S/C15H17ClO/c1-10-12-3-2-4-14(16)13(12)9-15(10)7-5-11(17)6-8-15/h2-4,11,17H,1,5-9H2. The van der Waals surface area contributed by atoms with E-state index < -0.39 is 0 Å². The Morgan fingerprint density at radius 1 is 1.29 bits per heavy atom. The summed E-state index contributed by atoms with van der Waals surface area (Å²) >= 11 is 6.28. The number of aliphatic hydroxyl groups is 1. The van der Waals surface area contributed by atoms with Crippen LogP contribution < -0.4 is 0 Å². The van der Waals surface area contributed by atoms with Gasteiger partial charge in [-0.05, 0) is 60.3 Å². The van der Waals surface area contributed by atoms with Gasteiger partial charge in [0.2, 0.25) is 0 Å². The minimum Gasteiger partial charge on any atom is -0.393 e. The Bertz CT molecular complexity index is 470. The zero-order valence-electron chi connectivity index (χ0n) is 9.88. The number of rotatable bonds is 0. The lowest BCUT2D eigenvalue weighted by Crippen LogP contribution is -2.29. The van der Waals surface area contributed by atoms with E-state index in [2.05, 4.69) is 12.6 Å². The van der Waals surface area contributed by atoms with E-state index in [0.29, 0.717) is 0 Å². The third-order valence-corrected chi connectivity index (χ3v) is 4.87. The van der Waals surface area contributed by atoms with Crippen LogP contribution in [-0.4, -0.2) is 11.2 Å². The van der Waals surface area contributed by atoms with Gasteiger partial charge in [-0.25, -0.2) is 0 Å². The highest BCUT2D eigenvalue weighted by Gasteiger charge is 2.43. The van der Waals surface area contributed by atoms with Gasteiger partial charge in [-0.2, -0.15) is 0 Å². The highest BCUT2D eigenvalue weighted by molar-refractivity contribution is 6.31. The van der Waals surface area contributed by atoms with Crippen LogP contribution >= 0.6 is 11.6 Å². The lowest BCUT2D eigenvalue weighted by Gasteiger charge is -2.36. The summed E-state index contributed by atoms with van der Waals surface area (Å²) in [5.41, 5.74) is 3.92. The summed E-state index contributed by atoms with van der Waals surface area (Å²) in [6, 6.07) is 6.09. The van der Waals surface area contributed by atoms with E-state index in [0.717, 1.165) is 37.1 Å². The largest absolute Gasteiger partial charge is 0.393 e. The molecule has 2 aliphatic rings. The van der Waals surface area contributed by atoms with Crippen molar-refractivity contribution in [2.45, 2.75) is 38.2 Å². The molecule has 0 amide bonds. The van der Waals surface area contributed by atoms with Crippen LogP contribution in [0.3, 0.4) is 0 Å². The van der Waals surface area contributed by atoms with Gasteiger partial charge in [0.1, 0.15) is 0 Å². The molecule has 1 nitrogen and oxygen atoms in total. The minimum atomic E-state index is -0.118. The van der Waals surface area contributed by atoms with Gasteiger partial charge in [-0.3, -0.25) is 0 Å². The van der Waals surface area contributed by atoms with Gasteiger partial charge in [0.15, 0.2) is 0 Å². The Labute approximate surface area is 107 Å². The number of fused-ring (bicyclic) bond motifs is 1. The summed E-state index contributed by atoms with van der Waals surface area (Å²) in [5, 5.41) is 10.5. The minimum absolute atomic E-state index is 0.118. The van der Waals surface area contributed by atoms with E-state index in [1.807, 2.05) is 12.1 Å². The van der Waals surface area contributed by atoms with E-state index >= 15 is 0 Å². The fourth-order valence-electron chi connectivity index (χ4n) is 3.39. The second kappa shape index (κ2) is 3.86. The molecule has 0 heterocycles. The Morgan fingerprint density at radius 2 is 2.00 bits per heavy atom. The maximum absolute atomic E-state index is 9.65. The number of hydrogen-bond donors (Lipinski definition) is 1. The van der Waals surface area contributed by atoms with Crippen molar-refractivity contribution in [3.63, 3.8) is 0 Å². The second-order valence-corrected chi connectivity index (χ2v) is 5.84. The molecule has 0 unspecified atom stereocenters. The van der Waals surface area contributed by atoms with Crippen molar-refractivity contribution >= 4 is 17.2 Å². The zero-order valence-corrected chi connectivity index (χ0v) is 10.6. The normalized spacial score (nSPS) is 31.9. The highest BCUT2D eigenvalue weighted by Crippen LogP contribution is 2.55. The van der Waals surface area contributed by atoms with Crippen LogP contribution in [0.5, 0.6) is 0 Å². The molecule has 0 radical (unpaired) electrons. The molecule has 3 rings (SSSR count). The molecule has 0 bridgehead atoms. The predicted octanol–water partition coefficient (Wildman–Crippen LogP) is 3.83. The van der Waals surface area contributed by atoms with Gasteiger partial charge in [0, 0.05) is 5.02 Å². The van der Waals surface area contributed by atoms with Gasteiger partial charge in [0.25, 0.3) is 0 Å². The molecule has 0 saturated heterocycles. The van der Waals surface area contributed by atoms with Crippen LogP contribution in [0.1, 0.15) is 36.8 Å². The topological polar surface area (TPSA) is 20.2 Å². The quantitative estimate of drug-likeness (QED) is 0.740. The first-order valence-corrected chi connectivity index (χ1v) is 6.65. The Kier molecular flexibility index (Phi) is 2.57. The van der Waals surface area contributed by atoms with Crippen LogP contribution in [0.2, 0.25) is 5.02 Å². The number of allylic oxidation sites excluding steroid dienone is 1. The molecule has 17 heavy (non-hydrogen) atoms. The lowest BCUT2D eigenvalue weighted by molar-refractivity contribution is 0.0902. The van der Waals surface area contributed by atoms with E-state index in [1.54, 1.807) is 0 Å². The van der Waals surface area contributed by atoms with E-state index in [1.165, 1.54) is 16.7 Å². The molecule has 1 saturated carbocycles. The van der Waals surface area contributed by atoms with Crippen molar-refractivity contribution in [1.82, 2.24) is 0 Å². The molecule has 1 fully saturated rings. The maximum atomic E-state index is 9.65. The molecule has 2 aliphatic carbocycles. The van der Waals surface area contributed by atoms with Crippen LogP contribution in [0.25, 0.3) is 5.57 Å². The summed E-state index contributed by atoms with van der Waals surface area (Å²) in [6.07, 6.45) is 4.76.